The third kappa shape index (κ3) is 37.8. The number of hydrogen-bond donors (Lipinski definition) is 16. The van der Waals surface area contributed by atoms with E-state index in [4.69, 9.17) is 11.5 Å². The minimum absolute atomic E-state index is 0. The number of amides is 13. The molecule has 0 unspecified atom stereocenters. The number of hydrogen-bond acceptors (Lipinski definition) is 25. The standard InChI is InChI=1S/C77H116N20O20.In/c1-45(2)31-55(60(98)36-64(102)87-56(71(79)111)32-46(3)4)91-76(116)59(35-51-38-80-44-85-51)89-65(103)39-84-77(117)70(47(5)6)93-72(112)48(7)86-74(114)58(34-50-37-83-53-16-12-11-15-52(50)53)92-73(113)54(17-18-61(78)99)90-75(115)57(33-49-13-9-8-10-14-49)88-63(101)20-22-81-62(100)19-21-82-66(104)40-94-23-25-95(41-67(105)106)27-29-97(43-69(109)110)30-28-96(26-24-94)42-68(107)108;/h8-16,37-38,44-48,54-60,70,83,98H,17-36,39-43H2,1-7H3,(H2,78,99)(H2,79,111)(H,80,85)(H,81,100)(H,82,104)(H,84,117)(H,86,114)(H,87,102)(H,88,101)(H,89,103)(H,90,115)(H,91,116)(H,92,113)(H,93,112)(H,105,106)(H,107,108)(H,109,110);/q;+3/p-3/t48-,54-,55-,56-,57+,58-,59-,60-,70-;/m0./s1/i;1-4. The van der Waals surface area contributed by atoms with Crippen molar-refractivity contribution in [3.8, 4) is 0 Å². The van der Waals surface area contributed by atoms with Gasteiger partial charge in [-0.3, -0.25) is 81.9 Å². The molecule has 0 aliphatic carbocycles. The largest absolute Gasteiger partial charge is 3.00 e. The van der Waals surface area contributed by atoms with Gasteiger partial charge in [-0.05, 0) is 61.1 Å². The number of nitrogens with zero attached hydrogens (tertiary/aromatic N) is 5. The van der Waals surface area contributed by atoms with Gasteiger partial charge in [0.1, 0.15) is 42.3 Å². The molecule has 40 nitrogen and oxygen atoms in total. The van der Waals surface area contributed by atoms with E-state index < -0.39 is 200 Å². The summed E-state index contributed by atoms with van der Waals surface area (Å²) >= 11 is 0. The molecular formula is C77H113InN20O20. The van der Waals surface area contributed by atoms with Gasteiger partial charge >= 0.3 is 25.8 Å². The van der Waals surface area contributed by atoms with Gasteiger partial charge < -0.3 is 115 Å². The van der Waals surface area contributed by atoms with Crippen LogP contribution in [0.15, 0.2) is 73.3 Å². The first-order chi connectivity index (χ1) is 55.4. The number of aromatic amines is 2. The van der Waals surface area contributed by atoms with Crippen molar-refractivity contribution in [2.24, 2.45) is 29.2 Å². The van der Waals surface area contributed by atoms with Crippen LogP contribution in [-0.2, 0) is 96.0 Å². The summed E-state index contributed by atoms with van der Waals surface area (Å²) in [6.45, 7) is 9.89. The van der Waals surface area contributed by atoms with E-state index in [1.165, 1.54) is 34.1 Å². The first-order valence-electron chi connectivity index (χ1n) is 38.9. The summed E-state index contributed by atoms with van der Waals surface area (Å²) in [4.78, 5) is 228. The number of nitrogens with two attached hydrogens (primary N) is 2. The minimum Gasteiger partial charge on any atom is -0.549 e. The second-order valence-corrected chi connectivity index (χ2v) is 30.2. The number of carbonyl (C=O) groups excluding carboxylic acids is 16. The Morgan fingerprint density at radius 1 is 0.483 bits per heavy atom. The van der Waals surface area contributed by atoms with Gasteiger partial charge in [0, 0.05) is 153 Å². The van der Waals surface area contributed by atoms with Crippen LogP contribution in [0.1, 0.15) is 110 Å². The predicted octanol–water partition coefficient (Wildman–Crippen LogP) is -8.71. The molecule has 5 rings (SSSR count). The number of imidazole rings is 1. The van der Waals surface area contributed by atoms with Crippen molar-refractivity contribution in [3.63, 3.8) is 0 Å². The number of nitrogens with one attached hydrogen (secondary N) is 13. The Bertz CT molecular complexity index is 3970. The number of aliphatic hydroxyl groups is 1. The maximum atomic E-state index is 14.7. The van der Waals surface area contributed by atoms with E-state index in [-0.39, 0.29) is 155 Å². The summed E-state index contributed by atoms with van der Waals surface area (Å²) in [5.74, 6) is -15.2. The van der Waals surface area contributed by atoms with E-state index in [1.807, 2.05) is 27.7 Å². The van der Waals surface area contributed by atoms with E-state index in [0.717, 1.165) is 0 Å². The van der Waals surface area contributed by atoms with Gasteiger partial charge in [0.15, 0.2) is 0 Å². The molecule has 0 saturated carbocycles. The van der Waals surface area contributed by atoms with Crippen molar-refractivity contribution < 1.29 is 97.1 Å². The summed E-state index contributed by atoms with van der Waals surface area (Å²) in [5.41, 5.74) is 13.3. The molecule has 13 amide bonds. The Morgan fingerprint density at radius 2 is 0.975 bits per heavy atom. The fraction of sp³-hybridized carbons (Fsp3) is 0.571. The van der Waals surface area contributed by atoms with Crippen LogP contribution in [0.5, 0.6) is 0 Å². The van der Waals surface area contributed by atoms with Crippen molar-refractivity contribution in [3.05, 3.63) is 90.1 Å². The number of aliphatic hydroxyl groups excluding tert-OH is 1. The molecule has 4 aromatic rings. The molecule has 118 heavy (non-hydrogen) atoms. The number of rotatable bonds is 48. The maximum Gasteiger partial charge on any atom is 3.00 e. The van der Waals surface area contributed by atoms with Crippen LogP contribution in [-0.4, -0.2) is 313 Å². The van der Waals surface area contributed by atoms with Crippen molar-refractivity contribution in [2.45, 2.75) is 167 Å². The Kier molecular flexibility index (Phi) is 43.6. The molecule has 1 fully saturated rings. The third-order valence-corrected chi connectivity index (χ3v) is 19.0. The molecule has 1 aliphatic heterocycles. The number of H-pyrrole nitrogens is 2. The Balaban J connectivity index is 0.0000293. The zero-order chi connectivity index (χ0) is 86.4. The summed E-state index contributed by atoms with van der Waals surface area (Å²) in [6, 6.07) is 4.84. The molecule has 2 aromatic carbocycles. The van der Waals surface area contributed by atoms with Gasteiger partial charge in [0.25, 0.3) is 0 Å². The van der Waals surface area contributed by atoms with Crippen LogP contribution in [0.4, 0.5) is 0 Å². The normalized spacial score (nSPS) is 15.5. The van der Waals surface area contributed by atoms with Crippen molar-refractivity contribution in [2.75, 3.05) is 98.2 Å². The predicted molar refractivity (Wildman–Crippen MR) is 422 cm³/mol. The number of carbonyl (C=O) groups is 16. The minimum atomic E-state index is -1.60. The summed E-state index contributed by atoms with van der Waals surface area (Å²) < 4.78 is 0. The first-order valence-corrected chi connectivity index (χ1v) is 38.9. The average molecular weight is 1750 g/mol. The fourth-order valence-electron chi connectivity index (χ4n) is 12.8. The molecule has 1 saturated heterocycles. The quantitative estimate of drug-likeness (QED) is 0.0195. The molecular weight excluding hydrogens is 1640 g/mol. The molecule has 2 aromatic heterocycles. The zero-order valence-electron chi connectivity index (χ0n) is 67.7. The maximum absolute atomic E-state index is 14.7. The van der Waals surface area contributed by atoms with Crippen molar-refractivity contribution in [1.82, 2.24) is 93.0 Å². The number of aromatic nitrogens is 3. The molecule has 3 heterocycles. The van der Waals surface area contributed by atoms with Gasteiger partial charge in [-0.1, -0.05) is 90.1 Å². The summed E-state index contributed by atoms with van der Waals surface area (Å²) in [7, 11) is 0. The van der Waals surface area contributed by atoms with Crippen LogP contribution >= 0.6 is 0 Å². The van der Waals surface area contributed by atoms with Crippen LogP contribution < -0.4 is 85.3 Å². The number of para-hydroxylation sites is 1. The van der Waals surface area contributed by atoms with Crippen LogP contribution in [0.2, 0.25) is 0 Å². The summed E-state index contributed by atoms with van der Waals surface area (Å²) in [6.07, 6.45) is 0.874. The van der Waals surface area contributed by atoms with E-state index in [0.29, 0.717) is 27.7 Å². The van der Waals surface area contributed by atoms with E-state index in [9.17, 15) is 97.1 Å². The Morgan fingerprint density at radius 3 is 1.52 bits per heavy atom. The fourth-order valence-corrected chi connectivity index (χ4v) is 12.8. The smallest absolute Gasteiger partial charge is 0.549 e. The third-order valence-electron chi connectivity index (χ3n) is 19.0. The van der Waals surface area contributed by atoms with Gasteiger partial charge in [0.2, 0.25) is 76.8 Å². The number of aliphatic carboxylic acids is 3. The molecule has 41 heteroatoms. The second-order valence-electron chi connectivity index (χ2n) is 30.2. The molecule has 1 aliphatic rings. The van der Waals surface area contributed by atoms with Gasteiger partial charge in [-0.2, -0.15) is 0 Å². The first kappa shape index (κ1) is 99.7. The Labute approximate surface area is 702 Å². The number of fused-ring (bicyclic) bond motifs is 1. The topological polar surface area (TPSA) is 604 Å². The van der Waals surface area contributed by atoms with Crippen LogP contribution in [0.3, 0.4) is 0 Å². The van der Waals surface area contributed by atoms with Gasteiger partial charge in [-0.25, -0.2) is 4.98 Å². The van der Waals surface area contributed by atoms with Crippen LogP contribution in [0, 0.1) is 17.8 Å². The van der Waals surface area contributed by atoms with Gasteiger partial charge in [-0.15, -0.1) is 0 Å². The molecule has 18 N–H and O–H groups in total. The number of primary amides is 2. The monoisotopic (exact) mass is 1750 g/mol. The van der Waals surface area contributed by atoms with E-state index in [2.05, 4.69) is 73.4 Å². The molecule has 0 bridgehead atoms. The molecule has 644 valence electrons. The molecule has 0 spiro atoms. The van der Waals surface area contributed by atoms with Crippen LogP contribution in [0.25, 0.3) is 10.9 Å². The Hall–Kier alpha value is -10.6. The number of carboxylic acids is 3. The SMILES string of the molecule is CC(C)C[C@H](NC(=O)C[C@H](O)[C@H](CC(C)C)NC(=O)[C@H](Cc1cnc[nH]1)NC(=O)CNC(=O)[C@@H](NC(=O)[C@H](C)NC(=O)[C@H](Cc1c[nH]c2ccccc12)NC(=O)[C@H](CCC(N)=O)NC(=O)[C@@H](Cc1ccccc1)NC(=O)CCNC(=O)CCNC(=O)CN1CCN(CC(=O)[O-])CCN(CC(=O)[O-])CCN(CC(=O)[O-])CC1)C(C)C)C(N)=O.[111In+3]. The number of benzene rings is 2. The summed E-state index contributed by atoms with van der Waals surface area (Å²) in [5, 5.41) is 75.4. The zero-order valence-corrected chi connectivity index (χ0v) is 71.0. The molecule has 0 radical (unpaired) electrons. The molecule has 9 atom stereocenters. The average Bonchev–Trinajstić information content (AvgIpc) is 1.51. The van der Waals surface area contributed by atoms with E-state index in [1.54, 1.807) is 79.5 Å². The van der Waals surface area contributed by atoms with Crippen molar-refractivity contribution in [1.29, 1.82) is 0 Å². The van der Waals surface area contributed by atoms with Crippen molar-refractivity contribution >= 4 is 131 Å². The second kappa shape index (κ2) is 51.6. The van der Waals surface area contributed by atoms with Gasteiger partial charge in [0.05, 0.1) is 55.9 Å². The number of carboxylic acid groups (broad SMARTS) is 3. The van der Waals surface area contributed by atoms with E-state index >= 15 is 0 Å².